The molecule has 2 aliphatic rings. The second-order valence-electron chi connectivity index (χ2n) is 27.8. The molecule has 8 aromatic carbocycles. The minimum atomic E-state index is -0.242. The Morgan fingerprint density at radius 1 is 0.517 bits per heavy atom. The summed E-state index contributed by atoms with van der Waals surface area (Å²) in [4.78, 5) is 102. The highest BCUT2D eigenvalue weighted by Crippen LogP contribution is 2.42. The number of rotatable bonds is 29. The quantitative estimate of drug-likeness (QED) is 0.0144. The molecule has 10 aromatic rings. The van der Waals surface area contributed by atoms with E-state index in [1.807, 2.05) is 116 Å². The Balaban J connectivity index is 0.000000180. The molecule has 2 aromatic heterocycles. The number of hydrogen-bond donors (Lipinski definition) is 6. The number of nitrogens with one attached hydrogen (secondary N) is 6. The molecule has 0 saturated heterocycles. The third-order valence-electron chi connectivity index (χ3n) is 18.6. The van der Waals surface area contributed by atoms with Crippen LogP contribution in [-0.4, -0.2) is 93.8 Å². The van der Waals surface area contributed by atoms with Gasteiger partial charge in [0.1, 0.15) is 17.4 Å². The second kappa shape index (κ2) is 42.2. The first-order valence-corrected chi connectivity index (χ1v) is 38.8. The zero-order chi connectivity index (χ0) is 85.0. The standard InChI is InChI=1S/C24H22N2O2.C23H27N9O.C22H26N8O.C22H18N2O2/c1-15(2)14-25-19-12-13-20(26-16-8-4-3-5-9-16)22-21(19)23(27)17-10-6-7-11-18(17)24(22)28;1-6-8-13-31(14-9-7-2)18-10-11-19(20(16-18)27-17(3)33)29-30-23-28-21(25-4)22(26-5)32(23)15-12-24;1-7-12-29(13-8-2)17-10-11-18(19(15-17)25-16(4)31)27-28-22-26-20(23-5)21(24-6)30(22)14-9-3;1-13-7-9-14(10-8-13)24-18-12-11-17(23-2)19-20(18)22(26)16-6-4-3-5-15(16)21(19)25/h3-13,15,25-26H,14H2,1-2H3;10-11,16H,6-9,13-15H2,1-3H3,(H,27,33);9-11,15H,3,7-8,12-14H2,1-2,4H3,(H,25,31);3-12,23-24H,1-2H3. The van der Waals surface area contributed by atoms with Gasteiger partial charge in [-0.15, -0.1) is 10.2 Å². The van der Waals surface area contributed by atoms with E-state index in [-0.39, 0.29) is 83.2 Å². The van der Waals surface area contributed by atoms with E-state index in [9.17, 15) is 28.8 Å². The van der Waals surface area contributed by atoms with Gasteiger partial charge >= 0.3 is 11.9 Å². The highest BCUT2D eigenvalue weighted by atomic mass is 16.2. The smallest absolute Gasteiger partial charge is 0.388 e. The molecule has 0 aliphatic heterocycles. The van der Waals surface area contributed by atoms with E-state index in [1.54, 1.807) is 73.8 Å². The van der Waals surface area contributed by atoms with Crippen LogP contribution in [0.25, 0.3) is 19.4 Å². The van der Waals surface area contributed by atoms with Gasteiger partial charge in [0.25, 0.3) is 23.3 Å². The minimum Gasteiger partial charge on any atom is -0.388 e. The Kier molecular flexibility index (Phi) is 31.1. The number of para-hydroxylation sites is 1. The van der Waals surface area contributed by atoms with Crippen molar-refractivity contribution in [3.05, 3.63) is 272 Å². The summed E-state index contributed by atoms with van der Waals surface area (Å²) >= 11 is 0. The maximum absolute atomic E-state index is 13.3. The van der Waals surface area contributed by atoms with Crippen LogP contribution in [0.1, 0.15) is 163 Å². The number of nitrogens with zero attached hydrogens (tertiary/aromatic N) is 15. The van der Waals surface area contributed by atoms with Crippen LogP contribution < -0.4 is 41.7 Å². The Morgan fingerprint density at radius 2 is 0.924 bits per heavy atom. The fourth-order valence-corrected chi connectivity index (χ4v) is 13.0. The molecule has 0 radical (unpaired) electrons. The fourth-order valence-electron chi connectivity index (χ4n) is 13.0. The zero-order valence-electron chi connectivity index (χ0n) is 67.8. The molecule has 0 spiro atoms. The van der Waals surface area contributed by atoms with Crippen molar-refractivity contribution in [1.82, 2.24) is 19.1 Å². The first-order valence-electron chi connectivity index (χ1n) is 38.8. The van der Waals surface area contributed by atoms with Gasteiger partial charge in [-0.05, 0) is 123 Å². The number of azo groups is 2. The summed E-state index contributed by atoms with van der Waals surface area (Å²) in [5, 5.41) is 44.4. The van der Waals surface area contributed by atoms with Crippen molar-refractivity contribution in [2.45, 2.75) is 114 Å². The van der Waals surface area contributed by atoms with Crippen molar-refractivity contribution in [3.8, 4) is 6.07 Å². The molecule has 0 fully saturated rings. The van der Waals surface area contributed by atoms with Gasteiger partial charge in [-0.25, -0.2) is 9.13 Å². The van der Waals surface area contributed by atoms with E-state index >= 15 is 0 Å². The van der Waals surface area contributed by atoms with Crippen LogP contribution in [-0.2, 0) is 22.7 Å². The number of unbranched alkanes of at least 4 members (excludes halogenated alkanes) is 2. The third kappa shape index (κ3) is 21.2. The van der Waals surface area contributed by atoms with Crippen molar-refractivity contribution in [1.29, 1.82) is 5.26 Å². The van der Waals surface area contributed by atoms with Gasteiger partial charge in [0, 0.05) is 110 Å². The number of imidazole rings is 2. The summed E-state index contributed by atoms with van der Waals surface area (Å²) < 4.78 is 2.72. The average Bonchev–Trinajstić information content (AvgIpc) is 0.844. The number of carbonyl (C=O) groups is 6. The normalized spacial score (nSPS) is 11.4. The summed E-state index contributed by atoms with van der Waals surface area (Å²) in [5.74, 6) is -0.562. The lowest BCUT2D eigenvalue weighted by Gasteiger charge is -2.25. The lowest BCUT2D eigenvalue weighted by Crippen LogP contribution is -2.25. The molecule has 2 heterocycles. The highest BCUT2D eigenvalue weighted by molar-refractivity contribution is 6.33. The van der Waals surface area contributed by atoms with E-state index in [0.29, 0.717) is 95.9 Å². The number of fused-ring (bicyclic) bond motifs is 4. The number of carbonyl (C=O) groups excluding carboxylic acids is 6. The summed E-state index contributed by atoms with van der Waals surface area (Å²) in [5.41, 5.74) is 12.9. The van der Waals surface area contributed by atoms with Gasteiger partial charge < -0.3 is 61.1 Å². The van der Waals surface area contributed by atoms with Crippen LogP contribution in [0.2, 0.25) is 0 Å². The summed E-state index contributed by atoms with van der Waals surface area (Å²) in [6, 6.07) is 52.1. The van der Waals surface area contributed by atoms with E-state index < -0.39 is 0 Å². The number of allylic oxidation sites excluding steroid dienone is 1. The number of anilines is 10. The number of aromatic nitrogens is 4. The second-order valence-corrected chi connectivity index (χ2v) is 27.8. The van der Waals surface area contributed by atoms with Crippen LogP contribution in [0, 0.1) is 50.5 Å². The number of aryl methyl sites for hydroxylation is 1. The molecule has 118 heavy (non-hydrogen) atoms. The number of nitriles is 1. The SMILES string of the molecule is CC(C)CNc1ccc(Nc2ccccc2)c2c1C(=O)c1ccccc1C2=O.CNc1ccc(Nc2ccc(C)cc2)c2c1C(=O)c1ccccc1C2=O.[C-]#[N+]c1nc(N=Nc2ccc(N(CCC)CCC)cc2NC(C)=O)n(CC=C)c1[N+]#[C-].[C-]#[N+]c1nc(N=Nc2ccc(N(CCCC)CCCC)cc2NC(C)=O)n(CC#N)c1[N+]#[C-]. The fraction of sp³-hybridized carbons (Fsp3) is 0.264. The van der Waals surface area contributed by atoms with E-state index in [0.717, 1.165) is 99.6 Å². The Hall–Kier alpha value is -15.0. The minimum absolute atomic E-state index is 0.0149. The molecule has 6 N–H and O–H groups in total. The summed E-state index contributed by atoms with van der Waals surface area (Å²) in [6.45, 7) is 54.8. The Bertz CT molecular complexity index is 5650. The summed E-state index contributed by atoms with van der Waals surface area (Å²) in [7, 11) is 1.75. The van der Waals surface area contributed by atoms with Crippen molar-refractivity contribution in [2.24, 2.45) is 26.4 Å². The predicted molar refractivity (Wildman–Crippen MR) is 467 cm³/mol. The highest BCUT2D eigenvalue weighted by Gasteiger charge is 2.36. The molecule has 0 unspecified atom stereocenters. The van der Waals surface area contributed by atoms with Crippen LogP contribution in [0.15, 0.2) is 197 Å². The number of amides is 2. The van der Waals surface area contributed by atoms with E-state index in [2.05, 4.69) is 140 Å². The monoisotopic (exact) mass is 1580 g/mol. The van der Waals surface area contributed by atoms with Crippen LogP contribution in [0.3, 0.4) is 0 Å². The van der Waals surface area contributed by atoms with Crippen molar-refractivity contribution in [3.63, 3.8) is 0 Å². The molecule has 27 heteroatoms. The van der Waals surface area contributed by atoms with Crippen molar-refractivity contribution in [2.75, 3.05) is 81.5 Å². The first-order chi connectivity index (χ1) is 57.1. The first kappa shape index (κ1) is 87.0. The molecule has 2 amide bonds. The molecule has 0 saturated carbocycles. The molecule has 2 aliphatic carbocycles. The molecule has 0 bridgehead atoms. The number of ketones is 4. The number of benzene rings is 8. The molecular weight excluding hydrogens is 1480 g/mol. The van der Waals surface area contributed by atoms with Gasteiger partial charge in [-0.1, -0.05) is 198 Å². The van der Waals surface area contributed by atoms with Gasteiger partial charge in [0.15, 0.2) is 29.7 Å². The lowest BCUT2D eigenvalue weighted by molar-refractivity contribution is -0.115. The van der Waals surface area contributed by atoms with E-state index in [1.165, 1.54) is 23.0 Å². The third-order valence-corrected chi connectivity index (χ3v) is 18.6. The average molecular weight is 1580 g/mol. The largest absolute Gasteiger partial charge is 0.417 e. The predicted octanol–water partition coefficient (Wildman–Crippen LogP) is 22.3. The summed E-state index contributed by atoms with van der Waals surface area (Å²) in [6.07, 6.45) is 7.91. The lowest BCUT2D eigenvalue weighted by atomic mass is 9.82. The Labute approximate surface area is 688 Å². The molecule has 0 atom stereocenters. The van der Waals surface area contributed by atoms with Crippen LogP contribution in [0.4, 0.5) is 103 Å². The molecule has 598 valence electrons. The van der Waals surface area contributed by atoms with Gasteiger partial charge in [-0.3, -0.25) is 28.8 Å². The number of hydrogen-bond acceptors (Lipinski definition) is 19. The van der Waals surface area contributed by atoms with Crippen molar-refractivity contribution < 1.29 is 28.8 Å². The molecule has 27 nitrogen and oxygen atoms in total. The zero-order valence-corrected chi connectivity index (χ0v) is 67.8. The maximum atomic E-state index is 13.3. The van der Waals surface area contributed by atoms with Crippen LogP contribution >= 0.6 is 0 Å². The van der Waals surface area contributed by atoms with Crippen LogP contribution in [0.5, 0.6) is 0 Å². The molecular formula is C91H93N21O6. The van der Waals surface area contributed by atoms with Gasteiger partial charge in [-0.2, -0.15) is 5.26 Å². The van der Waals surface area contributed by atoms with Crippen molar-refractivity contribution >= 4 is 138 Å². The Morgan fingerprint density at radius 3 is 1.33 bits per heavy atom. The van der Waals surface area contributed by atoms with Gasteiger partial charge in [0.2, 0.25) is 11.8 Å². The molecule has 12 rings (SSSR count). The van der Waals surface area contributed by atoms with Gasteiger partial charge in [0.05, 0.1) is 51.5 Å². The maximum Gasteiger partial charge on any atom is 0.417 e. The van der Waals surface area contributed by atoms with E-state index in [4.69, 9.17) is 31.6 Å². The topological polar surface area (TPSA) is 307 Å².